The Kier molecular flexibility index (Phi) is 6.17. The molecule has 0 fully saturated rings. The smallest absolute Gasteiger partial charge is 0.262 e. The highest BCUT2D eigenvalue weighted by Crippen LogP contribution is 2.24. The summed E-state index contributed by atoms with van der Waals surface area (Å²) in [5.41, 5.74) is 3.62. The molecule has 3 aromatic carbocycles. The van der Waals surface area contributed by atoms with E-state index in [4.69, 9.17) is 9.47 Å². The summed E-state index contributed by atoms with van der Waals surface area (Å²) < 4.78 is 10.6. The summed E-state index contributed by atoms with van der Waals surface area (Å²) in [5.74, 6) is 1.10. The lowest BCUT2D eigenvalue weighted by atomic mass is 9.98. The van der Waals surface area contributed by atoms with Crippen LogP contribution in [-0.4, -0.2) is 37.0 Å². The lowest BCUT2D eigenvalue weighted by Gasteiger charge is -2.29. The van der Waals surface area contributed by atoms with Gasteiger partial charge in [-0.25, -0.2) is 0 Å². The summed E-state index contributed by atoms with van der Waals surface area (Å²) in [6.07, 6.45) is 0.794. The summed E-state index contributed by atoms with van der Waals surface area (Å²) in [6, 6.07) is 22.2. The second-order valence-electron chi connectivity index (χ2n) is 7.34. The minimum atomic E-state index is -0.246. The molecule has 1 heterocycles. The molecule has 0 unspecified atom stereocenters. The maximum absolute atomic E-state index is 12.8. The van der Waals surface area contributed by atoms with Gasteiger partial charge in [0.25, 0.3) is 11.8 Å². The number of carbonyl (C=O) groups is 2. The van der Waals surface area contributed by atoms with E-state index in [1.165, 1.54) is 5.56 Å². The lowest BCUT2D eigenvalue weighted by molar-refractivity contribution is -0.118. The Hall–Kier alpha value is -3.80. The zero-order chi connectivity index (χ0) is 21.6. The summed E-state index contributed by atoms with van der Waals surface area (Å²) >= 11 is 0. The van der Waals surface area contributed by atoms with Gasteiger partial charge >= 0.3 is 0 Å². The highest BCUT2D eigenvalue weighted by atomic mass is 16.5. The molecule has 1 aliphatic rings. The third-order valence-corrected chi connectivity index (χ3v) is 5.24. The van der Waals surface area contributed by atoms with E-state index in [1.54, 1.807) is 31.4 Å². The van der Waals surface area contributed by atoms with Gasteiger partial charge in [-0.1, -0.05) is 24.3 Å². The molecule has 1 N–H and O–H groups in total. The molecule has 0 saturated heterocycles. The second-order valence-corrected chi connectivity index (χ2v) is 7.34. The topological polar surface area (TPSA) is 67.9 Å². The van der Waals surface area contributed by atoms with Crippen molar-refractivity contribution in [3.63, 3.8) is 0 Å². The van der Waals surface area contributed by atoms with Crippen LogP contribution >= 0.6 is 0 Å². The minimum Gasteiger partial charge on any atom is -0.497 e. The molecule has 0 aromatic heterocycles. The summed E-state index contributed by atoms with van der Waals surface area (Å²) in [7, 11) is 1.60. The van der Waals surface area contributed by atoms with Crippen molar-refractivity contribution < 1.29 is 19.1 Å². The first kappa shape index (κ1) is 20.5. The first-order valence-electron chi connectivity index (χ1n) is 10.2. The first-order chi connectivity index (χ1) is 15.1. The molecule has 0 saturated carbocycles. The van der Waals surface area contributed by atoms with Crippen LogP contribution in [0.2, 0.25) is 0 Å². The van der Waals surface area contributed by atoms with Crippen LogP contribution in [0.15, 0.2) is 72.8 Å². The normalized spacial score (nSPS) is 12.6. The Morgan fingerprint density at radius 2 is 1.68 bits per heavy atom. The number of nitrogens with zero attached hydrogens (tertiary/aromatic N) is 1. The van der Waals surface area contributed by atoms with Gasteiger partial charge in [-0.05, 0) is 66.1 Å². The SMILES string of the molecule is COc1ccc(OCC(=O)Nc2ccc3c(c2)CN(C(=O)c2ccccc2)CC3)cc1. The van der Waals surface area contributed by atoms with Gasteiger partial charge in [0.2, 0.25) is 0 Å². The highest BCUT2D eigenvalue weighted by Gasteiger charge is 2.22. The van der Waals surface area contributed by atoms with Crippen molar-refractivity contribution >= 4 is 17.5 Å². The predicted molar refractivity (Wildman–Crippen MR) is 118 cm³/mol. The monoisotopic (exact) mass is 416 g/mol. The molecule has 0 radical (unpaired) electrons. The van der Waals surface area contributed by atoms with E-state index >= 15 is 0 Å². The van der Waals surface area contributed by atoms with Gasteiger partial charge in [-0.3, -0.25) is 9.59 Å². The standard InChI is InChI=1S/C25H24N2O4/c1-30-22-9-11-23(12-10-22)31-17-24(28)26-21-8-7-18-13-14-27(16-20(18)15-21)25(29)19-5-3-2-4-6-19/h2-12,15H,13-14,16-17H2,1H3,(H,26,28). The molecule has 0 aliphatic carbocycles. The third-order valence-electron chi connectivity index (χ3n) is 5.24. The number of benzene rings is 3. The first-order valence-corrected chi connectivity index (χ1v) is 10.2. The maximum Gasteiger partial charge on any atom is 0.262 e. The summed E-state index contributed by atoms with van der Waals surface area (Å²) in [6.45, 7) is 1.11. The van der Waals surface area contributed by atoms with Gasteiger partial charge in [0.15, 0.2) is 6.61 Å². The number of hydrogen-bond acceptors (Lipinski definition) is 4. The molecule has 0 spiro atoms. The fraction of sp³-hybridized carbons (Fsp3) is 0.200. The Balaban J connectivity index is 1.36. The summed E-state index contributed by atoms with van der Waals surface area (Å²) in [4.78, 5) is 26.9. The Morgan fingerprint density at radius 1 is 0.935 bits per heavy atom. The van der Waals surface area contributed by atoms with Crippen LogP contribution in [-0.2, 0) is 17.8 Å². The molecule has 0 atom stereocenters. The fourth-order valence-corrected chi connectivity index (χ4v) is 3.59. The van der Waals surface area contributed by atoms with E-state index < -0.39 is 0 Å². The molecule has 3 aromatic rings. The van der Waals surface area contributed by atoms with Gasteiger partial charge in [0, 0.05) is 24.3 Å². The number of hydrogen-bond donors (Lipinski definition) is 1. The zero-order valence-corrected chi connectivity index (χ0v) is 17.3. The molecular weight excluding hydrogens is 392 g/mol. The van der Waals surface area contributed by atoms with Crippen molar-refractivity contribution in [1.29, 1.82) is 0 Å². The number of carbonyl (C=O) groups excluding carboxylic acids is 2. The van der Waals surface area contributed by atoms with Crippen molar-refractivity contribution in [3.8, 4) is 11.5 Å². The average molecular weight is 416 g/mol. The van der Waals surface area contributed by atoms with Crippen LogP contribution in [0.1, 0.15) is 21.5 Å². The number of rotatable bonds is 6. The molecule has 2 amide bonds. The van der Waals surface area contributed by atoms with E-state index in [0.29, 0.717) is 30.1 Å². The molecule has 6 nitrogen and oxygen atoms in total. The average Bonchev–Trinajstić information content (AvgIpc) is 2.82. The largest absolute Gasteiger partial charge is 0.497 e. The maximum atomic E-state index is 12.8. The minimum absolute atomic E-state index is 0.0218. The number of anilines is 1. The van der Waals surface area contributed by atoms with Gasteiger partial charge in [-0.15, -0.1) is 0 Å². The van der Waals surface area contributed by atoms with Crippen LogP contribution in [0.5, 0.6) is 11.5 Å². The van der Waals surface area contributed by atoms with Gasteiger partial charge in [-0.2, -0.15) is 0 Å². The number of nitrogens with one attached hydrogen (secondary N) is 1. The molecule has 158 valence electrons. The van der Waals surface area contributed by atoms with Crippen molar-refractivity contribution in [3.05, 3.63) is 89.5 Å². The van der Waals surface area contributed by atoms with Crippen LogP contribution < -0.4 is 14.8 Å². The van der Waals surface area contributed by atoms with Crippen LogP contribution in [0.3, 0.4) is 0 Å². The number of ether oxygens (including phenoxy) is 2. The lowest BCUT2D eigenvalue weighted by Crippen LogP contribution is -2.36. The molecule has 1 aliphatic heterocycles. The Bertz CT molecular complexity index is 1060. The van der Waals surface area contributed by atoms with Crippen LogP contribution in [0.25, 0.3) is 0 Å². The van der Waals surface area contributed by atoms with Gasteiger partial charge < -0.3 is 19.7 Å². The van der Waals surface area contributed by atoms with E-state index in [1.807, 2.05) is 53.4 Å². The molecule has 31 heavy (non-hydrogen) atoms. The predicted octanol–water partition coefficient (Wildman–Crippen LogP) is 3.91. The number of fused-ring (bicyclic) bond motifs is 1. The van der Waals surface area contributed by atoms with Crippen molar-refractivity contribution in [2.24, 2.45) is 0 Å². The molecule has 0 bridgehead atoms. The second kappa shape index (κ2) is 9.34. The number of methoxy groups -OCH3 is 1. The summed E-state index contributed by atoms with van der Waals surface area (Å²) in [5, 5.41) is 2.87. The van der Waals surface area contributed by atoms with Crippen LogP contribution in [0.4, 0.5) is 5.69 Å². The number of amides is 2. The van der Waals surface area contributed by atoms with E-state index in [0.717, 1.165) is 17.7 Å². The van der Waals surface area contributed by atoms with E-state index in [2.05, 4.69) is 5.32 Å². The molecule has 4 rings (SSSR count). The van der Waals surface area contributed by atoms with Crippen LogP contribution in [0, 0.1) is 0 Å². The van der Waals surface area contributed by atoms with Crippen molar-refractivity contribution in [2.45, 2.75) is 13.0 Å². The van der Waals surface area contributed by atoms with Crippen molar-refractivity contribution in [2.75, 3.05) is 25.6 Å². The molecular formula is C25H24N2O4. The Morgan fingerprint density at radius 3 is 2.42 bits per heavy atom. The van der Waals surface area contributed by atoms with Gasteiger partial charge in [0.05, 0.1) is 7.11 Å². The zero-order valence-electron chi connectivity index (χ0n) is 17.3. The van der Waals surface area contributed by atoms with Gasteiger partial charge in [0.1, 0.15) is 11.5 Å². The van der Waals surface area contributed by atoms with Crippen molar-refractivity contribution in [1.82, 2.24) is 4.90 Å². The van der Waals surface area contributed by atoms with E-state index in [9.17, 15) is 9.59 Å². The highest BCUT2D eigenvalue weighted by molar-refractivity contribution is 5.94. The fourth-order valence-electron chi connectivity index (χ4n) is 3.59. The van der Waals surface area contributed by atoms with E-state index in [-0.39, 0.29) is 18.4 Å². The third kappa shape index (κ3) is 5.04. The Labute approximate surface area is 181 Å². The quantitative estimate of drug-likeness (QED) is 0.662. The molecule has 6 heteroatoms.